The maximum absolute atomic E-state index is 4.00. The number of aryl methyl sites for hydroxylation is 1. The summed E-state index contributed by atoms with van der Waals surface area (Å²) in [5.74, 6) is 4.34. The number of rotatable bonds is 7. The SMILES string of the molecule is C=CC1CCC(c2ccc(-c3ccc4c(c3)CCC(C3CCC(CC/C=C/C)CC3)C4)cc2)CC1. The fourth-order valence-electron chi connectivity index (χ4n) is 7.45. The topological polar surface area (TPSA) is 0 Å². The first-order valence-corrected chi connectivity index (χ1v) is 14.7. The minimum absolute atomic E-state index is 0.740. The van der Waals surface area contributed by atoms with E-state index in [9.17, 15) is 0 Å². The van der Waals surface area contributed by atoms with Gasteiger partial charge < -0.3 is 0 Å². The fourth-order valence-corrected chi connectivity index (χ4v) is 7.45. The third kappa shape index (κ3) is 6.02. The van der Waals surface area contributed by atoms with Gasteiger partial charge in [-0.2, -0.15) is 0 Å². The molecule has 0 heteroatoms. The third-order valence-corrected chi connectivity index (χ3v) is 9.83. The average Bonchev–Trinajstić information content (AvgIpc) is 2.93. The smallest absolute Gasteiger partial charge is 0.0162 e. The van der Waals surface area contributed by atoms with E-state index in [0.717, 1.165) is 29.6 Å². The first kappa shape index (κ1) is 24.6. The van der Waals surface area contributed by atoms with Gasteiger partial charge in [0.1, 0.15) is 0 Å². The van der Waals surface area contributed by atoms with Crippen molar-refractivity contribution in [2.75, 3.05) is 0 Å². The van der Waals surface area contributed by atoms with Gasteiger partial charge in [-0.15, -0.1) is 6.58 Å². The Morgan fingerprint density at radius 3 is 2.23 bits per heavy atom. The molecule has 0 heterocycles. The maximum Gasteiger partial charge on any atom is -0.0162 e. The highest BCUT2D eigenvalue weighted by atomic mass is 14.3. The van der Waals surface area contributed by atoms with Gasteiger partial charge in [-0.1, -0.05) is 73.5 Å². The van der Waals surface area contributed by atoms with Crippen molar-refractivity contribution in [1.29, 1.82) is 0 Å². The van der Waals surface area contributed by atoms with Crippen LogP contribution in [0.2, 0.25) is 0 Å². The second kappa shape index (κ2) is 11.8. The summed E-state index contributed by atoms with van der Waals surface area (Å²) in [5, 5.41) is 0. The van der Waals surface area contributed by atoms with Crippen LogP contribution in [0.3, 0.4) is 0 Å². The summed E-state index contributed by atoms with van der Waals surface area (Å²) in [4.78, 5) is 0. The average molecular weight is 467 g/mol. The van der Waals surface area contributed by atoms with Crippen LogP contribution in [0.4, 0.5) is 0 Å². The van der Waals surface area contributed by atoms with E-state index in [0.29, 0.717) is 0 Å². The zero-order chi connectivity index (χ0) is 24.0. The van der Waals surface area contributed by atoms with E-state index in [1.807, 2.05) is 0 Å². The van der Waals surface area contributed by atoms with Crippen LogP contribution in [0, 0.1) is 23.7 Å². The summed E-state index contributed by atoms with van der Waals surface area (Å²) in [6.45, 7) is 6.14. The highest BCUT2D eigenvalue weighted by Gasteiger charge is 2.30. The molecule has 0 radical (unpaired) electrons. The van der Waals surface area contributed by atoms with Crippen LogP contribution in [0.15, 0.2) is 67.3 Å². The lowest BCUT2D eigenvalue weighted by molar-refractivity contribution is 0.185. The second-order valence-corrected chi connectivity index (χ2v) is 11.9. The summed E-state index contributed by atoms with van der Waals surface area (Å²) in [6, 6.07) is 16.9. The lowest BCUT2D eigenvalue weighted by Crippen LogP contribution is -2.26. The van der Waals surface area contributed by atoms with Gasteiger partial charge in [-0.3, -0.25) is 0 Å². The predicted octanol–water partition coefficient (Wildman–Crippen LogP) is 10.1. The van der Waals surface area contributed by atoms with Gasteiger partial charge >= 0.3 is 0 Å². The Morgan fingerprint density at radius 1 is 0.771 bits per heavy atom. The van der Waals surface area contributed by atoms with E-state index in [1.54, 1.807) is 11.1 Å². The van der Waals surface area contributed by atoms with E-state index in [-0.39, 0.29) is 0 Å². The van der Waals surface area contributed by atoms with Gasteiger partial charge in [0.2, 0.25) is 0 Å². The minimum atomic E-state index is 0.740. The van der Waals surface area contributed by atoms with Crippen LogP contribution >= 0.6 is 0 Å². The molecular weight excluding hydrogens is 420 g/mol. The van der Waals surface area contributed by atoms with Crippen molar-refractivity contribution in [2.24, 2.45) is 23.7 Å². The molecule has 0 aromatic heterocycles. The molecule has 3 aliphatic rings. The van der Waals surface area contributed by atoms with Crippen LogP contribution in [0.1, 0.15) is 100 Å². The predicted molar refractivity (Wildman–Crippen MR) is 152 cm³/mol. The summed E-state index contributed by atoms with van der Waals surface area (Å²) < 4.78 is 0. The second-order valence-electron chi connectivity index (χ2n) is 11.9. The summed E-state index contributed by atoms with van der Waals surface area (Å²) in [7, 11) is 0. The third-order valence-electron chi connectivity index (χ3n) is 9.83. The van der Waals surface area contributed by atoms with E-state index < -0.39 is 0 Å². The molecule has 0 aliphatic heterocycles. The highest BCUT2D eigenvalue weighted by Crippen LogP contribution is 2.41. The molecule has 1 atom stereocenters. The molecule has 0 nitrogen and oxygen atoms in total. The van der Waals surface area contributed by atoms with Gasteiger partial charge in [0.15, 0.2) is 0 Å². The molecule has 1 unspecified atom stereocenters. The van der Waals surface area contributed by atoms with Crippen molar-refractivity contribution in [3.05, 3.63) is 84.0 Å². The molecule has 2 saturated carbocycles. The van der Waals surface area contributed by atoms with Crippen molar-refractivity contribution in [1.82, 2.24) is 0 Å². The number of allylic oxidation sites excluding steroid dienone is 3. The molecule has 0 bridgehead atoms. The largest absolute Gasteiger partial charge is 0.103 e. The van der Waals surface area contributed by atoms with Crippen LogP contribution in [-0.4, -0.2) is 0 Å². The van der Waals surface area contributed by atoms with Gasteiger partial charge in [0, 0.05) is 0 Å². The lowest BCUT2D eigenvalue weighted by Gasteiger charge is -2.36. The Bertz CT molecular complexity index is 977. The monoisotopic (exact) mass is 466 g/mol. The van der Waals surface area contributed by atoms with Crippen LogP contribution in [0.5, 0.6) is 0 Å². The maximum atomic E-state index is 4.00. The van der Waals surface area contributed by atoms with Gasteiger partial charge in [-0.25, -0.2) is 0 Å². The van der Waals surface area contributed by atoms with Crippen molar-refractivity contribution in [2.45, 2.75) is 96.3 Å². The van der Waals surface area contributed by atoms with Crippen LogP contribution in [0.25, 0.3) is 11.1 Å². The van der Waals surface area contributed by atoms with Crippen LogP contribution in [-0.2, 0) is 12.8 Å². The molecule has 3 aliphatic carbocycles. The molecule has 186 valence electrons. The minimum Gasteiger partial charge on any atom is -0.103 e. The Balaban J connectivity index is 1.17. The van der Waals surface area contributed by atoms with Gasteiger partial charge in [0.25, 0.3) is 0 Å². The Labute approximate surface area is 214 Å². The van der Waals surface area contributed by atoms with Gasteiger partial charge in [-0.05, 0) is 135 Å². The zero-order valence-electron chi connectivity index (χ0n) is 22.1. The number of hydrogen-bond acceptors (Lipinski definition) is 0. The van der Waals surface area contributed by atoms with E-state index in [2.05, 4.69) is 74.2 Å². The molecule has 2 aromatic rings. The quantitative estimate of drug-likeness (QED) is 0.356. The van der Waals surface area contributed by atoms with Crippen molar-refractivity contribution < 1.29 is 0 Å². The molecule has 0 amide bonds. The normalized spacial score (nSPS) is 29.1. The van der Waals surface area contributed by atoms with Crippen LogP contribution < -0.4 is 0 Å². The lowest BCUT2D eigenvalue weighted by atomic mass is 9.69. The Kier molecular flexibility index (Phi) is 8.27. The zero-order valence-corrected chi connectivity index (χ0v) is 22.1. The molecule has 0 spiro atoms. The molecule has 2 fully saturated rings. The summed E-state index contributed by atoms with van der Waals surface area (Å²) in [6.07, 6.45) is 24.5. The fraction of sp³-hybridized carbons (Fsp3) is 0.543. The summed E-state index contributed by atoms with van der Waals surface area (Å²) >= 11 is 0. The first-order chi connectivity index (χ1) is 17.2. The molecule has 0 saturated heterocycles. The molecule has 35 heavy (non-hydrogen) atoms. The Hall–Kier alpha value is -2.08. The molecule has 2 aromatic carbocycles. The number of hydrogen-bond donors (Lipinski definition) is 0. The van der Waals surface area contributed by atoms with E-state index >= 15 is 0 Å². The number of benzene rings is 2. The molecule has 0 N–H and O–H groups in total. The van der Waals surface area contributed by atoms with Crippen molar-refractivity contribution in [3.8, 4) is 11.1 Å². The number of fused-ring (bicyclic) bond motifs is 1. The highest BCUT2D eigenvalue weighted by molar-refractivity contribution is 5.65. The van der Waals surface area contributed by atoms with Crippen molar-refractivity contribution in [3.63, 3.8) is 0 Å². The van der Waals surface area contributed by atoms with Crippen molar-refractivity contribution >= 4 is 0 Å². The first-order valence-electron chi connectivity index (χ1n) is 14.7. The molecule has 5 rings (SSSR count). The summed E-state index contributed by atoms with van der Waals surface area (Å²) in [5.41, 5.74) is 7.58. The van der Waals surface area contributed by atoms with E-state index in [1.165, 1.54) is 100 Å². The Morgan fingerprint density at radius 2 is 1.51 bits per heavy atom. The van der Waals surface area contributed by atoms with Gasteiger partial charge in [0.05, 0.1) is 0 Å². The standard InChI is InChI=1S/C35H46/c1-3-5-6-7-27-10-14-30(15-11-27)32-20-22-35-25-33(21-23-34(35)24-32)31-18-16-29(17-19-31)28-12-8-26(4-2)9-13-28/h3-5,16-19,21,23,25-28,30,32H,2,6-15,20,22,24H2,1H3/b5-3+. The van der Waals surface area contributed by atoms with E-state index in [4.69, 9.17) is 0 Å². The molecular formula is C35H46.